The number of phenolic OH excluding ortho intramolecular Hbond substituents is 1. The average Bonchev–Trinajstić information content (AvgIpc) is 2.44. The summed E-state index contributed by atoms with van der Waals surface area (Å²) in [5, 5.41) is 11.4. The van der Waals surface area contributed by atoms with Crippen LogP contribution in [-0.4, -0.2) is 11.0 Å². The number of rotatable bonds is 2. The molecule has 110 valence electrons. The second kappa shape index (κ2) is 5.35. The monoisotopic (exact) mass is 296 g/mol. The van der Waals surface area contributed by atoms with Crippen molar-refractivity contribution in [1.82, 2.24) is 0 Å². The third-order valence-corrected chi connectivity index (χ3v) is 2.83. The molecular formula is C14H11F3N2O2. The molecule has 21 heavy (non-hydrogen) atoms. The highest BCUT2D eigenvalue weighted by atomic mass is 19.2. The quantitative estimate of drug-likeness (QED) is 0.589. The zero-order valence-electron chi connectivity index (χ0n) is 10.9. The van der Waals surface area contributed by atoms with Gasteiger partial charge in [0.15, 0.2) is 17.4 Å². The summed E-state index contributed by atoms with van der Waals surface area (Å²) in [7, 11) is 0. The van der Waals surface area contributed by atoms with E-state index >= 15 is 0 Å². The van der Waals surface area contributed by atoms with E-state index in [1.54, 1.807) is 13.0 Å². The molecule has 0 heterocycles. The molecular weight excluding hydrogens is 285 g/mol. The number of nitrogens with two attached hydrogens (primary N) is 1. The first kappa shape index (κ1) is 14.7. The van der Waals surface area contributed by atoms with E-state index in [9.17, 15) is 18.0 Å². The highest BCUT2D eigenvalue weighted by Crippen LogP contribution is 2.27. The number of benzene rings is 2. The van der Waals surface area contributed by atoms with Gasteiger partial charge in [0, 0.05) is 0 Å². The number of hydrogen-bond acceptors (Lipinski definition) is 3. The number of nitrogens with one attached hydrogen (secondary N) is 1. The van der Waals surface area contributed by atoms with Crippen molar-refractivity contribution in [3.63, 3.8) is 0 Å². The number of nitrogen functional groups attached to an aromatic ring is 1. The lowest BCUT2D eigenvalue weighted by Crippen LogP contribution is -2.16. The average molecular weight is 296 g/mol. The van der Waals surface area contributed by atoms with Gasteiger partial charge in [-0.25, -0.2) is 8.78 Å². The van der Waals surface area contributed by atoms with E-state index in [0.717, 1.165) is 5.56 Å². The minimum absolute atomic E-state index is 0.198. The van der Waals surface area contributed by atoms with Crippen LogP contribution in [0.25, 0.3) is 0 Å². The second-order valence-electron chi connectivity index (χ2n) is 4.43. The summed E-state index contributed by atoms with van der Waals surface area (Å²) in [6.45, 7) is 1.75. The van der Waals surface area contributed by atoms with E-state index in [4.69, 9.17) is 10.8 Å². The molecule has 4 nitrogen and oxygen atoms in total. The van der Waals surface area contributed by atoms with E-state index in [-0.39, 0.29) is 11.4 Å². The van der Waals surface area contributed by atoms with Gasteiger partial charge in [-0.05, 0) is 30.7 Å². The first-order valence-electron chi connectivity index (χ1n) is 5.85. The Morgan fingerprint density at radius 2 is 1.86 bits per heavy atom. The Kier molecular flexibility index (Phi) is 3.75. The van der Waals surface area contributed by atoms with Crippen molar-refractivity contribution < 1.29 is 23.1 Å². The van der Waals surface area contributed by atoms with Gasteiger partial charge in [-0.3, -0.25) is 4.79 Å². The molecule has 2 rings (SSSR count). The second-order valence-corrected chi connectivity index (χ2v) is 4.43. The van der Waals surface area contributed by atoms with Crippen LogP contribution in [0.15, 0.2) is 24.3 Å². The maximum Gasteiger partial charge on any atom is 0.258 e. The van der Waals surface area contributed by atoms with Crippen molar-refractivity contribution in [2.24, 2.45) is 0 Å². The minimum atomic E-state index is -1.75. The Hall–Kier alpha value is -2.70. The Morgan fingerprint density at radius 3 is 2.52 bits per heavy atom. The lowest BCUT2D eigenvalue weighted by molar-refractivity contribution is 0.102. The van der Waals surface area contributed by atoms with Gasteiger partial charge in [-0.1, -0.05) is 6.07 Å². The van der Waals surface area contributed by atoms with E-state index in [1.807, 2.05) is 0 Å². The van der Waals surface area contributed by atoms with Gasteiger partial charge in [0.25, 0.3) is 5.91 Å². The number of hydrogen-bond donors (Lipinski definition) is 3. The van der Waals surface area contributed by atoms with Crippen molar-refractivity contribution in [3.8, 4) is 5.75 Å². The molecule has 0 bridgehead atoms. The summed E-state index contributed by atoms with van der Waals surface area (Å²) in [6.07, 6.45) is 0. The fourth-order valence-electron chi connectivity index (χ4n) is 1.72. The minimum Gasteiger partial charge on any atom is -0.503 e. The molecule has 2 aromatic rings. The van der Waals surface area contributed by atoms with E-state index in [0.29, 0.717) is 6.07 Å². The maximum atomic E-state index is 13.6. The Labute approximate surface area is 118 Å². The van der Waals surface area contributed by atoms with Crippen LogP contribution in [0.3, 0.4) is 0 Å². The number of carbonyl (C=O) groups is 1. The molecule has 0 aliphatic rings. The Bertz CT molecular complexity index is 733. The van der Waals surface area contributed by atoms with Gasteiger partial charge in [0.1, 0.15) is 0 Å². The number of anilines is 2. The first-order chi connectivity index (χ1) is 9.81. The summed E-state index contributed by atoms with van der Waals surface area (Å²) in [5.74, 6) is -7.43. The molecule has 1 amide bonds. The summed E-state index contributed by atoms with van der Waals surface area (Å²) in [4.78, 5) is 11.9. The topological polar surface area (TPSA) is 75.3 Å². The molecule has 2 aromatic carbocycles. The maximum absolute atomic E-state index is 13.6. The van der Waals surface area contributed by atoms with Crippen LogP contribution >= 0.6 is 0 Å². The number of halogens is 3. The number of carbonyl (C=O) groups excluding carboxylic acids is 1. The lowest BCUT2D eigenvalue weighted by Gasteiger charge is -2.10. The van der Waals surface area contributed by atoms with E-state index < -0.39 is 34.7 Å². The van der Waals surface area contributed by atoms with Crippen LogP contribution < -0.4 is 11.1 Å². The van der Waals surface area contributed by atoms with Crippen molar-refractivity contribution in [1.29, 1.82) is 0 Å². The van der Waals surface area contributed by atoms with Crippen LogP contribution in [0, 0.1) is 24.4 Å². The van der Waals surface area contributed by atoms with E-state index in [1.165, 1.54) is 12.1 Å². The zero-order chi connectivity index (χ0) is 15.7. The molecule has 0 unspecified atom stereocenters. The molecule has 0 saturated heterocycles. The fourth-order valence-corrected chi connectivity index (χ4v) is 1.72. The van der Waals surface area contributed by atoms with Gasteiger partial charge >= 0.3 is 0 Å². The van der Waals surface area contributed by atoms with Gasteiger partial charge in [0.05, 0.1) is 16.9 Å². The largest absolute Gasteiger partial charge is 0.503 e. The van der Waals surface area contributed by atoms with E-state index in [2.05, 4.69) is 5.32 Å². The number of phenols is 1. The molecule has 0 aliphatic carbocycles. The molecule has 0 fully saturated rings. The number of aromatic hydroxyl groups is 1. The van der Waals surface area contributed by atoms with Gasteiger partial charge < -0.3 is 16.2 Å². The summed E-state index contributed by atoms with van der Waals surface area (Å²) >= 11 is 0. The van der Waals surface area contributed by atoms with Gasteiger partial charge in [0.2, 0.25) is 5.82 Å². The zero-order valence-corrected chi connectivity index (χ0v) is 10.9. The van der Waals surface area contributed by atoms with Crippen LogP contribution in [0.2, 0.25) is 0 Å². The summed E-state index contributed by atoms with van der Waals surface area (Å²) < 4.78 is 39.7. The molecule has 0 aliphatic heterocycles. The predicted octanol–water partition coefficient (Wildman–Crippen LogP) is 2.95. The third kappa shape index (κ3) is 2.76. The highest BCUT2D eigenvalue weighted by molar-refractivity contribution is 6.06. The van der Waals surface area contributed by atoms with Crippen LogP contribution in [-0.2, 0) is 0 Å². The molecule has 0 radical (unpaired) electrons. The number of aryl methyl sites for hydroxylation is 1. The van der Waals surface area contributed by atoms with Crippen molar-refractivity contribution in [2.45, 2.75) is 6.92 Å². The Morgan fingerprint density at radius 1 is 1.19 bits per heavy atom. The highest BCUT2D eigenvalue weighted by Gasteiger charge is 2.22. The normalized spacial score (nSPS) is 10.5. The van der Waals surface area contributed by atoms with Crippen molar-refractivity contribution in [3.05, 3.63) is 52.8 Å². The first-order valence-corrected chi connectivity index (χ1v) is 5.85. The van der Waals surface area contributed by atoms with Crippen LogP contribution in [0.1, 0.15) is 15.9 Å². The lowest BCUT2D eigenvalue weighted by atomic mass is 10.1. The predicted molar refractivity (Wildman–Crippen MR) is 71.5 cm³/mol. The van der Waals surface area contributed by atoms with Crippen LogP contribution in [0.5, 0.6) is 5.75 Å². The summed E-state index contributed by atoms with van der Waals surface area (Å²) in [5.41, 5.74) is 6.03. The fraction of sp³-hybridized carbons (Fsp3) is 0.0714. The van der Waals surface area contributed by atoms with Crippen LogP contribution in [0.4, 0.5) is 24.5 Å². The van der Waals surface area contributed by atoms with Crippen molar-refractivity contribution >= 4 is 17.3 Å². The SMILES string of the molecule is Cc1ccc(N)c(NC(=O)c2cc(F)c(F)c(O)c2F)c1. The summed E-state index contributed by atoms with van der Waals surface area (Å²) in [6, 6.07) is 5.13. The Balaban J connectivity index is 2.40. The smallest absolute Gasteiger partial charge is 0.258 e. The molecule has 0 atom stereocenters. The molecule has 4 N–H and O–H groups in total. The standard InChI is InChI=1S/C14H11F3N2O2/c1-6-2-3-9(18)10(4-6)19-14(21)7-5-8(15)12(17)13(20)11(7)16/h2-5,20H,18H2,1H3,(H,19,21). The van der Waals surface area contributed by atoms with Crippen molar-refractivity contribution in [2.75, 3.05) is 11.1 Å². The van der Waals surface area contributed by atoms with Gasteiger partial charge in [-0.15, -0.1) is 0 Å². The third-order valence-electron chi connectivity index (χ3n) is 2.83. The molecule has 0 spiro atoms. The molecule has 0 saturated carbocycles. The van der Waals surface area contributed by atoms with Gasteiger partial charge in [-0.2, -0.15) is 4.39 Å². The number of amides is 1. The molecule has 7 heteroatoms. The molecule has 0 aromatic heterocycles.